The van der Waals surface area contributed by atoms with Gasteiger partial charge in [-0.2, -0.15) is 0 Å². The molecule has 3 rings (SSSR count). The minimum absolute atomic E-state index is 0.0386. The monoisotopic (exact) mass is 313 g/mol. The minimum Gasteiger partial charge on any atom is -0.326 e. The van der Waals surface area contributed by atoms with Crippen molar-refractivity contribution in [3.05, 3.63) is 66.2 Å². The molecule has 0 bridgehead atoms. The first-order valence-corrected chi connectivity index (χ1v) is 8.14. The Morgan fingerprint density at radius 2 is 1.52 bits per heavy atom. The molecule has 4 heteroatoms. The molecule has 1 heterocycles. The lowest BCUT2D eigenvalue weighted by Crippen LogP contribution is -2.37. The van der Waals surface area contributed by atoms with Crippen molar-refractivity contribution in [3.8, 4) is 0 Å². The molecular weight excluding hydrogens is 290 g/mol. The first kappa shape index (κ1) is 16.0. The lowest BCUT2D eigenvalue weighted by Gasteiger charge is -2.28. The van der Waals surface area contributed by atoms with Crippen molar-refractivity contribution in [3.63, 3.8) is 0 Å². The van der Waals surface area contributed by atoms with Crippen LogP contribution in [0.2, 0.25) is 0 Å². The lowest BCUT2D eigenvalue weighted by atomic mass is 10.0. The highest BCUT2D eigenvalue weighted by atomic mass is 16.9. The summed E-state index contributed by atoms with van der Waals surface area (Å²) in [6.45, 7) is 4.97. The molecule has 1 unspecified atom stereocenters. The van der Waals surface area contributed by atoms with Gasteiger partial charge in [0.15, 0.2) is 0 Å². The minimum atomic E-state index is -1.03. The summed E-state index contributed by atoms with van der Waals surface area (Å²) in [6, 6.07) is 20.4. The quantitative estimate of drug-likeness (QED) is 0.744. The normalized spacial score (nSPS) is 19.9. The maximum absolute atomic E-state index is 6.17. The molecule has 0 saturated carbocycles. The van der Waals surface area contributed by atoms with Crippen LogP contribution in [-0.4, -0.2) is 19.2 Å². The Morgan fingerprint density at radius 1 is 0.957 bits per heavy atom. The summed E-state index contributed by atoms with van der Waals surface area (Å²) in [5.74, 6) is -1.03. The van der Waals surface area contributed by atoms with Crippen LogP contribution in [0.4, 0.5) is 5.69 Å². The second-order valence-electron chi connectivity index (χ2n) is 5.43. The van der Waals surface area contributed by atoms with Gasteiger partial charge in [-0.15, -0.1) is 0 Å². The van der Waals surface area contributed by atoms with E-state index in [-0.39, 0.29) is 6.04 Å². The van der Waals surface area contributed by atoms with Crippen LogP contribution < -0.4 is 5.06 Å². The van der Waals surface area contributed by atoms with E-state index in [0.717, 1.165) is 5.69 Å². The number of nitrogens with zero attached hydrogens (tertiary/aromatic N) is 1. The van der Waals surface area contributed by atoms with Crippen molar-refractivity contribution in [1.29, 1.82) is 0 Å². The van der Waals surface area contributed by atoms with Gasteiger partial charge in [-0.05, 0) is 31.5 Å². The number of hydrogen-bond acceptors (Lipinski definition) is 4. The summed E-state index contributed by atoms with van der Waals surface area (Å²) in [7, 11) is 0. The van der Waals surface area contributed by atoms with Crippen LogP contribution >= 0.6 is 0 Å². The number of para-hydroxylation sites is 1. The third-order valence-electron chi connectivity index (χ3n) is 3.89. The zero-order chi connectivity index (χ0) is 16.1. The molecule has 0 amide bonds. The average molecular weight is 313 g/mol. The van der Waals surface area contributed by atoms with E-state index in [2.05, 4.69) is 12.1 Å². The van der Waals surface area contributed by atoms with E-state index in [1.165, 1.54) is 5.56 Å². The van der Waals surface area contributed by atoms with Crippen molar-refractivity contribution < 1.29 is 14.3 Å². The second kappa shape index (κ2) is 7.13. The largest absolute Gasteiger partial charge is 0.326 e. The second-order valence-corrected chi connectivity index (χ2v) is 5.43. The maximum Gasteiger partial charge on any atom is 0.307 e. The van der Waals surface area contributed by atoms with Crippen molar-refractivity contribution in [2.75, 3.05) is 18.3 Å². The van der Waals surface area contributed by atoms with Crippen molar-refractivity contribution in [2.45, 2.75) is 32.3 Å². The number of hydrogen-bond donors (Lipinski definition) is 0. The molecule has 122 valence electrons. The SMILES string of the molecule is CCOC1(OCC)CC(c2ccccc2)N(c2ccccc2)O1. The van der Waals surface area contributed by atoms with E-state index >= 15 is 0 Å². The van der Waals surface area contributed by atoms with Crippen LogP contribution in [0.5, 0.6) is 0 Å². The summed E-state index contributed by atoms with van der Waals surface area (Å²) in [5.41, 5.74) is 2.17. The van der Waals surface area contributed by atoms with Crippen LogP contribution in [0.3, 0.4) is 0 Å². The third-order valence-corrected chi connectivity index (χ3v) is 3.89. The fourth-order valence-corrected chi connectivity index (χ4v) is 2.96. The standard InChI is InChI=1S/C19H23NO3/c1-3-21-19(22-4-2)15-18(16-11-7-5-8-12-16)20(23-19)17-13-9-6-10-14-17/h5-14,18H,3-4,15H2,1-2H3. The summed E-state index contributed by atoms with van der Waals surface area (Å²) < 4.78 is 11.7. The highest BCUT2D eigenvalue weighted by Gasteiger charge is 2.48. The molecular formula is C19H23NO3. The Balaban J connectivity index is 1.96. The number of benzene rings is 2. The number of ether oxygens (including phenoxy) is 2. The molecule has 0 spiro atoms. The fraction of sp³-hybridized carbons (Fsp3) is 0.368. The van der Waals surface area contributed by atoms with E-state index in [4.69, 9.17) is 14.3 Å². The van der Waals surface area contributed by atoms with Gasteiger partial charge >= 0.3 is 5.97 Å². The Kier molecular flexibility index (Phi) is 4.96. The first-order valence-electron chi connectivity index (χ1n) is 8.14. The molecule has 1 aliphatic heterocycles. The van der Waals surface area contributed by atoms with E-state index < -0.39 is 5.97 Å². The van der Waals surface area contributed by atoms with Crippen LogP contribution in [0.25, 0.3) is 0 Å². The molecule has 0 N–H and O–H groups in total. The molecule has 4 nitrogen and oxygen atoms in total. The Hall–Kier alpha value is -1.88. The molecule has 0 aromatic heterocycles. The fourth-order valence-electron chi connectivity index (χ4n) is 2.96. The summed E-state index contributed by atoms with van der Waals surface area (Å²) >= 11 is 0. The Labute approximate surface area is 137 Å². The van der Waals surface area contributed by atoms with Gasteiger partial charge in [0, 0.05) is 13.2 Å². The molecule has 1 aliphatic rings. The van der Waals surface area contributed by atoms with Crippen molar-refractivity contribution in [2.24, 2.45) is 0 Å². The molecule has 23 heavy (non-hydrogen) atoms. The van der Waals surface area contributed by atoms with Gasteiger partial charge in [0.05, 0.1) is 18.2 Å². The maximum atomic E-state index is 6.17. The van der Waals surface area contributed by atoms with Gasteiger partial charge in [0.25, 0.3) is 0 Å². The zero-order valence-corrected chi connectivity index (χ0v) is 13.6. The van der Waals surface area contributed by atoms with Gasteiger partial charge in [-0.25, -0.2) is 9.90 Å². The Bertz CT molecular complexity index is 547. The molecule has 2 aromatic rings. The molecule has 0 aliphatic carbocycles. The lowest BCUT2D eigenvalue weighted by molar-refractivity contribution is -0.361. The smallest absolute Gasteiger partial charge is 0.307 e. The molecule has 1 fully saturated rings. The van der Waals surface area contributed by atoms with Gasteiger partial charge in [0.1, 0.15) is 0 Å². The molecule has 1 saturated heterocycles. The summed E-state index contributed by atoms with van der Waals surface area (Å²) in [4.78, 5) is 6.17. The van der Waals surface area contributed by atoms with Crippen LogP contribution in [0, 0.1) is 0 Å². The molecule has 2 aromatic carbocycles. The average Bonchev–Trinajstić information content (AvgIpc) is 2.97. The van der Waals surface area contributed by atoms with Crippen LogP contribution in [0.1, 0.15) is 31.9 Å². The van der Waals surface area contributed by atoms with E-state index in [0.29, 0.717) is 19.6 Å². The van der Waals surface area contributed by atoms with E-state index in [9.17, 15) is 0 Å². The van der Waals surface area contributed by atoms with Crippen molar-refractivity contribution in [1.82, 2.24) is 0 Å². The highest BCUT2D eigenvalue weighted by Crippen LogP contribution is 2.44. The number of hydroxylamine groups is 1. The molecule has 0 radical (unpaired) electrons. The molecule has 1 atom stereocenters. The van der Waals surface area contributed by atoms with Crippen LogP contribution in [-0.2, 0) is 14.3 Å². The van der Waals surface area contributed by atoms with Gasteiger partial charge in [0.2, 0.25) is 0 Å². The summed E-state index contributed by atoms with van der Waals surface area (Å²) in [6.07, 6.45) is 0.619. The predicted molar refractivity (Wildman–Crippen MR) is 89.8 cm³/mol. The topological polar surface area (TPSA) is 30.9 Å². The van der Waals surface area contributed by atoms with Gasteiger partial charge in [-0.3, -0.25) is 0 Å². The third kappa shape index (κ3) is 3.39. The van der Waals surface area contributed by atoms with Gasteiger partial charge in [-0.1, -0.05) is 48.5 Å². The van der Waals surface area contributed by atoms with Gasteiger partial charge < -0.3 is 9.47 Å². The predicted octanol–water partition coefficient (Wildman–Crippen LogP) is 4.30. The number of rotatable bonds is 6. The van der Waals surface area contributed by atoms with E-state index in [1.54, 1.807) is 0 Å². The van der Waals surface area contributed by atoms with Crippen LogP contribution in [0.15, 0.2) is 60.7 Å². The Morgan fingerprint density at radius 3 is 2.09 bits per heavy atom. The highest BCUT2D eigenvalue weighted by molar-refractivity contribution is 5.47. The zero-order valence-electron chi connectivity index (χ0n) is 13.6. The van der Waals surface area contributed by atoms with Crippen molar-refractivity contribution >= 4 is 5.69 Å². The number of anilines is 1. The van der Waals surface area contributed by atoms with E-state index in [1.807, 2.05) is 67.4 Å². The summed E-state index contributed by atoms with van der Waals surface area (Å²) in [5, 5.41) is 1.90. The first-order chi connectivity index (χ1) is 11.3.